The molecule has 2 atom stereocenters. The molecule has 1 saturated carbocycles. The topological polar surface area (TPSA) is 39.1 Å². The third-order valence-corrected chi connectivity index (χ3v) is 7.83. The lowest BCUT2D eigenvalue weighted by molar-refractivity contribution is 0.0681. The molecule has 190 valence electrons. The summed E-state index contributed by atoms with van der Waals surface area (Å²) in [4.78, 5) is 18.0. The fourth-order valence-electron chi connectivity index (χ4n) is 5.27. The first-order chi connectivity index (χ1) is 17.8. The Balaban J connectivity index is 1.54. The van der Waals surface area contributed by atoms with E-state index in [1.807, 2.05) is 38.4 Å². The van der Waals surface area contributed by atoms with E-state index in [4.69, 9.17) is 5.10 Å². The van der Waals surface area contributed by atoms with Gasteiger partial charge >= 0.3 is 0 Å². The van der Waals surface area contributed by atoms with Crippen molar-refractivity contribution in [2.45, 2.75) is 25.3 Å². The van der Waals surface area contributed by atoms with Gasteiger partial charge < -0.3 is 9.80 Å². The van der Waals surface area contributed by atoms with Gasteiger partial charge in [-0.2, -0.15) is 5.10 Å². The number of hydrogen-bond donors (Lipinski definition) is 0. The first kappa shape index (κ1) is 25.3. The van der Waals surface area contributed by atoms with E-state index in [9.17, 15) is 4.79 Å². The van der Waals surface area contributed by atoms with Gasteiger partial charge in [0.1, 0.15) is 0 Å². The largest absolute Gasteiger partial charge is 0.378 e. The fourth-order valence-corrected chi connectivity index (χ4v) is 5.53. The number of rotatable bonds is 5. The van der Waals surface area contributed by atoms with Crippen molar-refractivity contribution in [3.05, 3.63) is 99.5 Å². The number of halogens is 1. The molecule has 0 radical (unpaired) electrons. The Labute approximate surface area is 228 Å². The molecular weight excluding hydrogens is 524 g/mol. The van der Waals surface area contributed by atoms with Crippen LogP contribution in [0, 0.1) is 5.92 Å². The predicted molar refractivity (Wildman–Crippen MR) is 157 cm³/mol. The summed E-state index contributed by atoms with van der Waals surface area (Å²) in [7, 11) is 8.18. The predicted octanol–water partition coefficient (Wildman–Crippen LogP) is 7.02. The van der Waals surface area contributed by atoms with Crippen LogP contribution < -0.4 is 9.80 Å². The number of benzene rings is 3. The third kappa shape index (κ3) is 5.21. The number of nitrogens with zero attached hydrogens (tertiary/aromatic N) is 4. The van der Waals surface area contributed by atoms with E-state index in [2.05, 4.69) is 94.4 Å². The molecule has 0 spiro atoms. The van der Waals surface area contributed by atoms with Crippen LogP contribution in [0.3, 0.4) is 0 Å². The summed E-state index contributed by atoms with van der Waals surface area (Å²) >= 11 is 3.48. The number of anilines is 2. The number of hydrazone groups is 1. The Bertz CT molecular complexity index is 1330. The molecule has 0 N–H and O–H groups in total. The fraction of sp³-hybridized carbons (Fsp3) is 0.290. The summed E-state index contributed by atoms with van der Waals surface area (Å²) < 4.78 is 0.951. The first-order valence-electron chi connectivity index (χ1n) is 12.7. The lowest BCUT2D eigenvalue weighted by atomic mass is 9.77. The molecule has 3 aromatic rings. The van der Waals surface area contributed by atoms with Gasteiger partial charge in [0.05, 0.1) is 11.8 Å². The van der Waals surface area contributed by atoms with Crippen molar-refractivity contribution in [3.8, 4) is 0 Å². The first-order valence-corrected chi connectivity index (χ1v) is 13.5. The van der Waals surface area contributed by atoms with Gasteiger partial charge in [-0.25, -0.2) is 5.01 Å². The van der Waals surface area contributed by atoms with Crippen LogP contribution in [-0.2, 0) is 0 Å². The zero-order valence-corrected chi connectivity index (χ0v) is 23.4. The second-order valence-corrected chi connectivity index (χ2v) is 11.1. The summed E-state index contributed by atoms with van der Waals surface area (Å²) in [5.41, 5.74) is 7.52. The zero-order valence-electron chi connectivity index (χ0n) is 21.9. The van der Waals surface area contributed by atoms with Gasteiger partial charge in [-0.3, -0.25) is 4.79 Å². The van der Waals surface area contributed by atoms with E-state index in [1.165, 1.54) is 11.3 Å². The van der Waals surface area contributed by atoms with Crippen molar-refractivity contribution < 1.29 is 4.79 Å². The second kappa shape index (κ2) is 10.5. The molecule has 1 heterocycles. The number of carbonyl (C=O) groups excluding carboxylic acids is 1. The highest BCUT2D eigenvalue weighted by Gasteiger charge is 2.43. The number of fused-ring (bicyclic) bond motifs is 1. The van der Waals surface area contributed by atoms with Crippen molar-refractivity contribution in [2.75, 3.05) is 38.0 Å². The molecule has 1 aliphatic heterocycles. The molecule has 5 rings (SSSR count). The Kier molecular flexibility index (Phi) is 7.20. The number of hydrogen-bond acceptors (Lipinski definition) is 4. The van der Waals surface area contributed by atoms with Crippen LogP contribution in [0.2, 0.25) is 0 Å². The van der Waals surface area contributed by atoms with Gasteiger partial charge in [-0.05, 0) is 90.6 Å². The molecule has 2 aliphatic rings. The molecule has 5 nitrogen and oxygen atoms in total. The summed E-state index contributed by atoms with van der Waals surface area (Å²) in [5, 5.41) is 6.79. The van der Waals surface area contributed by atoms with Gasteiger partial charge in [0, 0.05) is 55.5 Å². The van der Waals surface area contributed by atoms with Crippen LogP contribution in [0.4, 0.5) is 11.4 Å². The summed E-state index contributed by atoms with van der Waals surface area (Å²) in [6, 6.07) is 24.6. The van der Waals surface area contributed by atoms with E-state index >= 15 is 0 Å². The molecule has 1 amide bonds. The maximum absolute atomic E-state index is 13.8. The smallest absolute Gasteiger partial charge is 0.274 e. The standard InChI is InChI=1S/C31H33BrN4O/c1-34(2)26-16-8-21(9-17-26)20-24-6-5-7-28-29(24)33-36(31(37)23-10-14-25(32)15-11-23)30(28)22-12-18-27(19-13-22)35(3)4/h8-20,28,30H,5-7H2,1-4H3/b24-20-/t28-,30+/m1/s1. The van der Waals surface area contributed by atoms with Crippen molar-refractivity contribution in [3.63, 3.8) is 0 Å². The molecule has 6 heteroatoms. The number of allylic oxidation sites excluding steroid dienone is 1. The minimum absolute atomic E-state index is 0.0641. The third-order valence-electron chi connectivity index (χ3n) is 7.30. The Morgan fingerprint density at radius 1 is 0.892 bits per heavy atom. The molecule has 0 unspecified atom stereocenters. The second-order valence-electron chi connectivity index (χ2n) is 10.2. The molecule has 1 fully saturated rings. The van der Waals surface area contributed by atoms with E-state index in [-0.39, 0.29) is 17.9 Å². The average molecular weight is 558 g/mol. The van der Waals surface area contributed by atoms with E-state index in [0.717, 1.165) is 46.3 Å². The van der Waals surface area contributed by atoms with Gasteiger partial charge in [0.2, 0.25) is 0 Å². The lowest BCUT2D eigenvalue weighted by Gasteiger charge is -2.30. The normalized spacial score (nSPS) is 20.0. The Hall–Kier alpha value is -3.38. The summed E-state index contributed by atoms with van der Waals surface area (Å²) in [5.74, 6) is 0.108. The SMILES string of the molecule is CN(C)c1ccc(/C=C2/CCC[C@@H]3C2=NN(C(=O)c2ccc(Br)cc2)[C@H]3c2ccc(N(C)C)cc2)cc1. The van der Waals surface area contributed by atoms with Gasteiger partial charge in [-0.15, -0.1) is 0 Å². The quantitative estimate of drug-likeness (QED) is 0.339. The molecule has 3 aromatic carbocycles. The molecule has 0 bridgehead atoms. The highest BCUT2D eigenvalue weighted by atomic mass is 79.9. The van der Waals surface area contributed by atoms with Gasteiger partial charge in [0.15, 0.2) is 0 Å². The highest BCUT2D eigenvalue weighted by Crippen LogP contribution is 2.45. The van der Waals surface area contributed by atoms with E-state index in [0.29, 0.717) is 5.56 Å². The van der Waals surface area contributed by atoms with Crippen LogP contribution in [0.15, 0.2) is 87.9 Å². The lowest BCUT2D eigenvalue weighted by Crippen LogP contribution is -2.32. The summed E-state index contributed by atoms with van der Waals surface area (Å²) in [6.07, 6.45) is 5.32. The zero-order chi connectivity index (χ0) is 26.1. The van der Waals surface area contributed by atoms with E-state index < -0.39 is 0 Å². The van der Waals surface area contributed by atoms with E-state index in [1.54, 1.807) is 5.01 Å². The average Bonchev–Trinajstić information content (AvgIpc) is 3.30. The summed E-state index contributed by atoms with van der Waals surface area (Å²) in [6.45, 7) is 0. The van der Waals surface area contributed by atoms with Crippen molar-refractivity contribution in [2.24, 2.45) is 11.0 Å². The maximum atomic E-state index is 13.8. The monoisotopic (exact) mass is 556 g/mol. The van der Waals surface area contributed by atoms with Crippen LogP contribution in [0.5, 0.6) is 0 Å². The minimum Gasteiger partial charge on any atom is -0.378 e. The van der Waals surface area contributed by atoms with Crippen LogP contribution >= 0.6 is 15.9 Å². The van der Waals surface area contributed by atoms with Crippen molar-refractivity contribution in [1.82, 2.24) is 5.01 Å². The van der Waals surface area contributed by atoms with Crippen LogP contribution in [0.25, 0.3) is 6.08 Å². The van der Waals surface area contributed by atoms with Crippen molar-refractivity contribution >= 4 is 45.0 Å². The Morgan fingerprint density at radius 3 is 2.08 bits per heavy atom. The molecule has 37 heavy (non-hydrogen) atoms. The molecule has 1 aliphatic carbocycles. The van der Waals surface area contributed by atoms with Gasteiger partial charge in [-0.1, -0.05) is 40.2 Å². The van der Waals surface area contributed by atoms with Crippen molar-refractivity contribution in [1.29, 1.82) is 0 Å². The highest BCUT2D eigenvalue weighted by molar-refractivity contribution is 9.10. The van der Waals surface area contributed by atoms with Crippen LogP contribution in [-0.4, -0.2) is 44.8 Å². The number of carbonyl (C=O) groups is 1. The Morgan fingerprint density at radius 2 is 1.49 bits per heavy atom. The molecule has 0 aromatic heterocycles. The van der Waals surface area contributed by atoms with Gasteiger partial charge in [0.25, 0.3) is 5.91 Å². The molecular formula is C31H33BrN4O. The maximum Gasteiger partial charge on any atom is 0.274 e. The van der Waals surface area contributed by atoms with Crippen LogP contribution in [0.1, 0.15) is 46.8 Å². The molecule has 0 saturated heterocycles. The number of amides is 1. The minimum atomic E-state index is -0.123.